The molecule has 0 spiro atoms. The summed E-state index contributed by atoms with van der Waals surface area (Å²) in [4.78, 5) is -0.265. The number of rotatable bonds is 3. The summed E-state index contributed by atoms with van der Waals surface area (Å²) in [6, 6.07) is 7.70. The maximum absolute atomic E-state index is 13.8. The molecule has 0 N–H and O–H groups in total. The first-order valence-electron chi connectivity index (χ1n) is 5.92. The minimum atomic E-state index is -0.560. The standard InChI is InChI=1S/C15H11BrCl2F2/c1-8-4-10(15(20)7-14(8)19)11(16)5-9-2-3-12(17)13(18)6-9/h2-4,6-7,11H,5H2,1H3. The lowest BCUT2D eigenvalue weighted by atomic mass is 10.0. The first-order chi connectivity index (χ1) is 9.38. The van der Waals surface area contributed by atoms with Crippen LogP contribution >= 0.6 is 39.1 Å². The highest BCUT2D eigenvalue weighted by Crippen LogP contribution is 2.32. The summed E-state index contributed by atoms with van der Waals surface area (Å²) in [5, 5.41) is 0.935. The Labute approximate surface area is 134 Å². The summed E-state index contributed by atoms with van der Waals surface area (Å²) in [7, 11) is 0. The molecule has 1 unspecified atom stereocenters. The second-order valence-electron chi connectivity index (χ2n) is 4.54. The molecule has 0 fully saturated rings. The zero-order valence-corrected chi connectivity index (χ0v) is 13.7. The van der Waals surface area contributed by atoms with Crippen molar-refractivity contribution in [3.05, 3.63) is 68.7 Å². The number of hydrogen-bond acceptors (Lipinski definition) is 0. The topological polar surface area (TPSA) is 0 Å². The second-order valence-corrected chi connectivity index (χ2v) is 6.46. The lowest BCUT2D eigenvalue weighted by Crippen LogP contribution is -2.01. The minimum Gasteiger partial charge on any atom is -0.207 e. The molecular weight excluding hydrogens is 369 g/mol. The number of alkyl halides is 1. The third-order valence-electron chi connectivity index (χ3n) is 3.01. The van der Waals surface area contributed by atoms with E-state index in [9.17, 15) is 8.78 Å². The van der Waals surface area contributed by atoms with Crippen LogP contribution in [-0.2, 0) is 6.42 Å². The number of aryl methyl sites for hydroxylation is 1. The molecule has 0 aliphatic heterocycles. The Hall–Kier alpha value is -0.640. The fourth-order valence-electron chi connectivity index (χ4n) is 1.90. The van der Waals surface area contributed by atoms with Crippen molar-refractivity contribution in [2.75, 3.05) is 0 Å². The van der Waals surface area contributed by atoms with Gasteiger partial charge in [0.2, 0.25) is 0 Å². The largest absolute Gasteiger partial charge is 0.207 e. The van der Waals surface area contributed by atoms with Crippen molar-refractivity contribution in [1.29, 1.82) is 0 Å². The average Bonchev–Trinajstić information content (AvgIpc) is 2.38. The molecular formula is C15H11BrCl2F2. The van der Waals surface area contributed by atoms with Crippen LogP contribution in [0.25, 0.3) is 0 Å². The third-order valence-corrected chi connectivity index (χ3v) is 4.57. The normalized spacial score (nSPS) is 12.5. The van der Waals surface area contributed by atoms with Crippen LogP contribution in [0.3, 0.4) is 0 Å². The highest BCUT2D eigenvalue weighted by atomic mass is 79.9. The van der Waals surface area contributed by atoms with Gasteiger partial charge >= 0.3 is 0 Å². The summed E-state index contributed by atoms with van der Waals surface area (Å²) in [6.07, 6.45) is 0.527. The van der Waals surface area contributed by atoms with E-state index < -0.39 is 11.6 Å². The zero-order chi connectivity index (χ0) is 14.9. The quantitative estimate of drug-likeness (QED) is 0.552. The molecule has 0 nitrogen and oxygen atoms in total. The van der Waals surface area contributed by atoms with E-state index in [-0.39, 0.29) is 4.83 Å². The van der Waals surface area contributed by atoms with Gasteiger partial charge < -0.3 is 0 Å². The molecule has 2 rings (SSSR count). The molecule has 20 heavy (non-hydrogen) atoms. The third kappa shape index (κ3) is 3.51. The van der Waals surface area contributed by atoms with Crippen molar-refractivity contribution in [3.8, 4) is 0 Å². The van der Waals surface area contributed by atoms with Crippen LogP contribution in [0.4, 0.5) is 8.78 Å². The van der Waals surface area contributed by atoms with Crippen LogP contribution in [0.1, 0.15) is 21.5 Å². The molecule has 0 aromatic heterocycles. The Kier molecular flexibility index (Phi) is 5.05. The number of hydrogen-bond donors (Lipinski definition) is 0. The number of benzene rings is 2. The molecule has 0 saturated carbocycles. The summed E-state index contributed by atoms with van der Waals surface area (Å²) in [5.74, 6) is -1.10. The van der Waals surface area contributed by atoms with Crippen molar-refractivity contribution in [2.45, 2.75) is 18.2 Å². The molecule has 2 aromatic rings. The number of halogens is 5. The van der Waals surface area contributed by atoms with Gasteiger partial charge in [0.25, 0.3) is 0 Å². The van der Waals surface area contributed by atoms with E-state index >= 15 is 0 Å². The molecule has 106 valence electrons. The van der Waals surface area contributed by atoms with Crippen LogP contribution in [0.5, 0.6) is 0 Å². The molecule has 0 amide bonds. The molecule has 0 aliphatic carbocycles. The Morgan fingerprint density at radius 3 is 2.40 bits per heavy atom. The Balaban J connectivity index is 2.25. The predicted octanol–water partition coefficient (Wildman–Crippen LogP) is 6.26. The van der Waals surface area contributed by atoms with Gasteiger partial charge in [0.15, 0.2) is 0 Å². The van der Waals surface area contributed by atoms with Gasteiger partial charge in [0, 0.05) is 16.5 Å². The smallest absolute Gasteiger partial charge is 0.130 e. The average molecular weight is 380 g/mol. The fourth-order valence-corrected chi connectivity index (χ4v) is 2.95. The molecule has 0 radical (unpaired) electrons. The van der Waals surface area contributed by atoms with E-state index in [1.54, 1.807) is 19.1 Å². The van der Waals surface area contributed by atoms with Gasteiger partial charge in [-0.2, -0.15) is 0 Å². The zero-order valence-electron chi connectivity index (χ0n) is 10.6. The van der Waals surface area contributed by atoms with E-state index in [1.165, 1.54) is 6.07 Å². The summed E-state index contributed by atoms with van der Waals surface area (Å²) >= 11 is 15.2. The van der Waals surface area contributed by atoms with Crippen LogP contribution < -0.4 is 0 Å². The van der Waals surface area contributed by atoms with Crippen molar-refractivity contribution >= 4 is 39.1 Å². The van der Waals surface area contributed by atoms with Gasteiger partial charge in [-0.05, 0) is 42.7 Å². The molecule has 5 heteroatoms. The SMILES string of the molecule is Cc1cc(C(Br)Cc2ccc(Cl)c(Cl)c2)c(F)cc1F. The molecule has 0 heterocycles. The van der Waals surface area contributed by atoms with Crippen LogP contribution in [0.15, 0.2) is 30.3 Å². The lowest BCUT2D eigenvalue weighted by molar-refractivity contribution is 0.566. The van der Waals surface area contributed by atoms with Crippen LogP contribution in [-0.4, -0.2) is 0 Å². The summed E-state index contributed by atoms with van der Waals surface area (Å²) in [6.45, 7) is 1.61. The van der Waals surface area contributed by atoms with Crippen molar-refractivity contribution in [2.24, 2.45) is 0 Å². The maximum Gasteiger partial charge on any atom is 0.130 e. The van der Waals surface area contributed by atoms with Crippen LogP contribution in [0, 0.1) is 18.6 Å². The van der Waals surface area contributed by atoms with Crippen molar-refractivity contribution in [3.63, 3.8) is 0 Å². The van der Waals surface area contributed by atoms with Gasteiger partial charge in [0.1, 0.15) is 11.6 Å². The second kappa shape index (κ2) is 6.42. The molecule has 0 aliphatic rings. The van der Waals surface area contributed by atoms with Gasteiger partial charge in [-0.3, -0.25) is 0 Å². The van der Waals surface area contributed by atoms with Crippen LogP contribution in [0.2, 0.25) is 10.0 Å². The maximum atomic E-state index is 13.8. The lowest BCUT2D eigenvalue weighted by Gasteiger charge is -2.13. The molecule has 1 atom stereocenters. The fraction of sp³-hybridized carbons (Fsp3) is 0.200. The van der Waals surface area contributed by atoms with Gasteiger partial charge in [-0.15, -0.1) is 0 Å². The molecule has 0 bridgehead atoms. The Bertz CT molecular complexity index is 644. The first-order valence-corrected chi connectivity index (χ1v) is 7.59. The summed E-state index contributed by atoms with van der Waals surface area (Å²) in [5.41, 5.74) is 1.76. The minimum absolute atomic E-state index is 0.265. The predicted molar refractivity (Wildman–Crippen MR) is 82.9 cm³/mol. The van der Waals surface area contributed by atoms with E-state index in [0.29, 0.717) is 27.6 Å². The molecule has 0 saturated heterocycles. The van der Waals surface area contributed by atoms with E-state index in [0.717, 1.165) is 11.6 Å². The highest BCUT2D eigenvalue weighted by Gasteiger charge is 2.16. The van der Waals surface area contributed by atoms with Crippen molar-refractivity contribution in [1.82, 2.24) is 0 Å². The van der Waals surface area contributed by atoms with Gasteiger partial charge in [-0.25, -0.2) is 8.78 Å². The summed E-state index contributed by atoms with van der Waals surface area (Å²) < 4.78 is 27.1. The Morgan fingerprint density at radius 1 is 1.05 bits per heavy atom. The Morgan fingerprint density at radius 2 is 1.75 bits per heavy atom. The molecule has 2 aromatic carbocycles. The van der Waals surface area contributed by atoms with Crippen molar-refractivity contribution < 1.29 is 8.78 Å². The van der Waals surface area contributed by atoms with E-state index in [4.69, 9.17) is 23.2 Å². The first kappa shape index (κ1) is 15.7. The van der Waals surface area contributed by atoms with E-state index in [1.807, 2.05) is 6.07 Å². The van der Waals surface area contributed by atoms with Gasteiger partial charge in [-0.1, -0.05) is 45.2 Å². The monoisotopic (exact) mass is 378 g/mol. The van der Waals surface area contributed by atoms with E-state index in [2.05, 4.69) is 15.9 Å². The van der Waals surface area contributed by atoms with Gasteiger partial charge in [0.05, 0.1) is 10.0 Å². The highest BCUT2D eigenvalue weighted by molar-refractivity contribution is 9.09.